The molecule has 28 heavy (non-hydrogen) atoms. The molecule has 0 amide bonds. The number of carbonyl (C=O) groups is 2. The lowest BCUT2D eigenvalue weighted by Crippen LogP contribution is -2.18. The predicted octanol–water partition coefficient (Wildman–Crippen LogP) is 2.88. The molecule has 4 aromatic rings. The van der Waals surface area contributed by atoms with E-state index in [4.69, 9.17) is 8.83 Å². The summed E-state index contributed by atoms with van der Waals surface area (Å²) < 4.78 is 11.4. The summed E-state index contributed by atoms with van der Waals surface area (Å²) in [4.78, 5) is 38.7. The molecular weight excluding hydrogens is 360 g/mol. The standard InChI is InChI=1S/C20H16N4O4/c1-23(2)13-5-9-11(7-21-13)27-19-15(9)17(25)16-10-6-14(24(3)4)22-8-12(10)28-20(16)18(19)26/h5-8H,1-4H3. The molecule has 0 spiro atoms. The SMILES string of the molecule is CN(C)c1cc2c3c(oc2cn1)C(=O)c1oc2cnc(N(C)C)cc2c1C3=O. The Hall–Kier alpha value is -3.68. The van der Waals surface area contributed by atoms with Gasteiger partial charge in [-0.1, -0.05) is 0 Å². The Kier molecular flexibility index (Phi) is 3.19. The molecule has 5 rings (SSSR count). The molecule has 4 aromatic heterocycles. The Balaban J connectivity index is 1.81. The van der Waals surface area contributed by atoms with E-state index in [9.17, 15) is 9.59 Å². The summed E-state index contributed by atoms with van der Waals surface area (Å²) in [6, 6.07) is 3.51. The molecule has 0 unspecified atom stereocenters. The highest BCUT2D eigenvalue weighted by Gasteiger charge is 2.40. The van der Waals surface area contributed by atoms with Crippen molar-refractivity contribution in [3.8, 4) is 0 Å². The van der Waals surface area contributed by atoms with Crippen molar-refractivity contribution >= 4 is 45.1 Å². The van der Waals surface area contributed by atoms with Crippen molar-refractivity contribution in [3.63, 3.8) is 0 Å². The van der Waals surface area contributed by atoms with Gasteiger partial charge in [0.2, 0.25) is 5.78 Å². The fourth-order valence-electron chi connectivity index (χ4n) is 3.47. The van der Waals surface area contributed by atoms with E-state index in [1.165, 1.54) is 12.4 Å². The molecule has 140 valence electrons. The smallest absolute Gasteiger partial charge is 0.264 e. The van der Waals surface area contributed by atoms with Crippen molar-refractivity contribution in [1.29, 1.82) is 0 Å². The van der Waals surface area contributed by atoms with E-state index in [2.05, 4.69) is 9.97 Å². The van der Waals surface area contributed by atoms with Crippen LogP contribution < -0.4 is 9.80 Å². The molecule has 0 aromatic carbocycles. The molecule has 4 heterocycles. The fraction of sp³-hybridized carbons (Fsp3) is 0.200. The number of carbonyl (C=O) groups excluding carboxylic acids is 2. The van der Waals surface area contributed by atoms with Gasteiger partial charge >= 0.3 is 0 Å². The minimum Gasteiger partial charge on any atom is -0.450 e. The number of furan rings is 2. The lowest BCUT2D eigenvalue weighted by atomic mass is 9.90. The topological polar surface area (TPSA) is 92.7 Å². The van der Waals surface area contributed by atoms with Crippen LogP contribution in [0.25, 0.3) is 21.9 Å². The zero-order valence-corrected chi connectivity index (χ0v) is 15.7. The van der Waals surface area contributed by atoms with Crippen molar-refractivity contribution < 1.29 is 18.4 Å². The van der Waals surface area contributed by atoms with Gasteiger partial charge in [-0.3, -0.25) is 9.59 Å². The summed E-state index contributed by atoms with van der Waals surface area (Å²) in [7, 11) is 7.41. The van der Waals surface area contributed by atoms with Gasteiger partial charge in [0, 0.05) is 39.0 Å². The first kappa shape index (κ1) is 16.5. The molecule has 0 bridgehead atoms. The molecule has 0 aliphatic heterocycles. The van der Waals surface area contributed by atoms with Crippen LogP contribution in [0.5, 0.6) is 0 Å². The second-order valence-electron chi connectivity index (χ2n) is 7.14. The maximum atomic E-state index is 13.4. The monoisotopic (exact) mass is 376 g/mol. The molecule has 1 aliphatic rings. The van der Waals surface area contributed by atoms with E-state index in [1.54, 1.807) is 12.1 Å². The van der Waals surface area contributed by atoms with Crippen LogP contribution in [0.4, 0.5) is 11.6 Å². The molecule has 0 saturated heterocycles. The molecule has 0 atom stereocenters. The van der Waals surface area contributed by atoms with Crippen LogP contribution in [-0.2, 0) is 0 Å². The number of nitrogens with zero attached hydrogens (tertiary/aromatic N) is 4. The van der Waals surface area contributed by atoms with Gasteiger partial charge in [0.15, 0.2) is 22.7 Å². The largest absolute Gasteiger partial charge is 0.450 e. The summed E-state index contributed by atoms with van der Waals surface area (Å²) >= 11 is 0. The Labute approximate surface area is 159 Å². The van der Waals surface area contributed by atoms with Gasteiger partial charge in [-0.25, -0.2) is 9.97 Å². The highest BCUT2D eigenvalue weighted by atomic mass is 16.4. The minimum absolute atomic E-state index is 0.00921. The average Bonchev–Trinajstić information content (AvgIpc) is 3.24. The first-order valence-corrected chi connectivity index (χ1v) is 8.66. The molecule has 0 saturated carbocycles. The first-order valence-electron chi connectivity index (χ1n) is 8.66. The number of anilines is 2. The zero-order chi connectivity index (χ0) is 19.7. The van der Waals surface area contributed by atoms with Crippen LogP contribution >= 0.6 is 0 Å². The summed E-state index contributed by atoms with van der Waals surface area (Å²) in [6.45, 7) is 0. The third-order valence-electron chi connectivity index (χ3n) is 4.91. The van der Waals surface area contributed by atoms with Crippen molar-refractivity contribution in [2.75, 3.05) is 38.0 Å². The van der Waals surface area contributed by atoms with Gasteiger partial charge in [-0.15, -0.1) is 0 Å². The van der Waals surface area contributed by atoms with Crippen molar-refractivity contribution in [1.82, 2.24) is 9.97 Å². The molecule has 8 nitrogen and oxygen atoms in total. The molecule has 8 heteroatoms. The second-order valence-corrected chi connectivity index (χ2v) is 7.14. The lowest BCUT2D eigenvalue weighted by molar-refractivity contribution is 0.0943. The number of ketones is 2. The Morgan fingerprint density at radius 3 is 1.54 bits per heavy atom. The van der Waals surface area contributed by atoms with Crippen LogP contribution in [0.1, 0.15) is 32.2 Å². The normalized spacial score (nSPS) is 13.1. The number of hydrogen-bond acceptors (Lipinski definition) is 8. The van der Waals surface area contributed by atoms with E-state index in [0.29, 0.717) is 33.6 Å². The van der Waals surface area contributed by atoms with E-state index < -0.39 is 5.78 Å². The van der Waals surface area contributed by atoms with Crippen molar-refractivity contribution in [2.24, 2.45) is 0 Å². The average molecular weight is 376 g/mol. The van der Waals surface area contributed by atoms with Crippen molar-refractivity contribution in [2.45, 2.75) is 0 Å². The van der Waals surface area contributed by atoms with Crippen LogP contribution in [0, 0.1) is 0 Å². The fourth-order valence-corrected chi connectivity index (χ4v) is 3.47. The maximum Gasteiger partial charge on any atom is 0.264 e. The van der Waals surface area contributed by atoms with Gasteiger partial charge in [-0.05, 0) is 12.1 Å². The minimum atomic E-state index is -0.449. The van der Waals surface area contributed by atoms with Gasteiger partial charge in [-0.2, -0.15) is 0 Å². The maximum absolute atomic E-state index is 13.4. The third-order valence-corrected chi connectivity index (χ3v) is 4.91. The number of hydrogen-bond donors (Lipinski definition) is 0. The summed E-state index contributed by atoms with van der Waals surface area (Å²) in [5, 5.41) is 1.13. The van der Waals surface area contributed by atoms with E-state index in [1.807, 2.05) is 38.0 Å². The third kappa shape index (κ3) is 2.05. The quantitative estimate of drug-likeness (QED) is 0.464. The summed E-state index contributed by atoms with van der Waals surface area (Å²) in [5.41, 5.74) is 1.29. The first-order chi connectivity index (χ1) is 13.4. The molecule has 0 fully saturated rings. The number of rotatable bonds is 2. The van der Waals surface area contributed by atoms with Crippen LogP contribution in [0.15, 0.2) is 33.4 Å². The van der Waals surface area contributed by atoms with Gasteiger partial charge in [0.05, 0.1) is 23.5 Å². The van der Waals surface area contributed by atoms with Gasteiger partial charge < -0.3 is 18.6 Å². The van der Waals surface area contributed by atoms with E-state index in [0.717, 1.165) is 0 Å². The molecule has 0 radical (unpaired) electrons. The number of pyridine rings is 2. The lowest BCUT2D eigenvalue weighted by Gasteiger charge is -2.12. The van der Waals surface area contributed by atoms with Gasteiger partial charge in [0.25, 0.3) is 5.78 Å². The molecule has 0 N–H and O–H groups in total. The van der Waals surface area contributed by atoms with Crippen LogP contribution in [0.3, 0.4) is 0 Å². The number of fused-ring (bicyclic) bond motifs is 6. The second kappa shape index (κ2) is 5.41. The Bertz CT molecular complexity index is 1210. The van der Waals surface area contributed by atoms with E-state index >= 15 is 0 Å². The van der Waals surface area contributed by atoms with E-state index in [-0.39, 0.29) is 28.4 Å². The highest BCUT2D eigenvalue weighted by molar-refractivity contribution is 6.34. The Morgan fingerprint density at radius 2 is 1.14 bits per heavy atom. The number of aromatic nitrogens is 2. The summed E-state index contributed by atoms with van der Waals surface area (Å²) in [5.74, 6) is 0.565. The van der Waals surface area contributed by atoms with Crippen LogP contribution in [-0.4, -0.2) is 49.7 Å². The highest BCUT2D eigenvalue weighted by Crippen LogP contribution is 2.40. The van der Waals surface area contributed by atoms with Crippen LogP contribution in [0.2, 0.25) is 0 Å². The Morgan fingerprint density at radius 1 is 0.714 bits per heavy atom. The van der Waals surface area contributed by atoms with Gasteiger partial charge in [0.1, 0.15) is 11.6 Å². The zero-order valence-electron chi connectivity index (χ0n) is 15.7. The molecular formula is C20H16N4O4. The summed E-state index contributed by atoms with van der Waals surface area (Å²) in [6.07, 6.45) is 3.05. The molecule has 1 aliphatic carbocycles. The van der Waals surface area contributed by atoms with Crippen molar-refractivity contribution in [3.05, 3.63) is 47.2 Å². The predicted molar refractivity (Wildman–Crippen MR) is 104 cm³/mol.